The molecular formula is C21H24N4OS. The van der Waals surface area contributed by atoms with Crippen molar-refractivity contribution in [3.8, 4) is 11.3 Å². The molecule has 0 atom stereocenters. The standard InChI is InChI=1S/C21H24N4OS/c1-5-7-15-8-10-16(11-9-15)19-13(3)27-21(24-19)25-20(26)17-12-22-14(4)23-18(17)6-2/h8-12H,5-7H2,1-4H3,(H,24,25,26). The minimum absolute atomic E-state index is 0.217. The second-order valence-corrected chi connectivity index (χ2v) is 7.66. The van der Waals surface area contributed by atoms with E-state index in [0.717, 1.165) is 34.7 Å². The smallest absolute Gasteiger partial charge is 0.260 e. The quantitative estimate of drug-likeness (QED) is 0.654. The Morgan fingerprint density at radius 2 is 1.85 bits per heavy atom. The number of aromatic nitrogens is 3. The van der Waals surface area contributed by atoms with Crippen molar-refractivity contribution in [2.24, 2.45) is 0 Å². The number of thiazole rings is 1. The van der Waals surface area contributed by atoms with E-state index in [9.17, 15) is 4.79 Å². The number of benzene rings is 1. The van der Waals surface area contributed by atoms with Gasteiger partial charge in [-0.1, -0.05) is 44.5 Å². The van der Waals surface area contributed by atoms with E-state index in [-0.39, 0.29) is 5.91 Å². The zero-order chi connectivity index (χ0) is 19.4. The summed E-state index contributed by atoms with van der Waals surface area (Å²) in [7, 11) is 0. The van der Waals surface area contributed by atoms with Gasteiger partial charge in [0.15, 0.2) is 5.13 Å². The van der Waals surface area contributed by atoms with Gasteiger partial charge in [-0.05, 0) is 32.3 Å². The number of carbonyl (C=O) groups excluding carboxylic acids is 1. The first-order valence-corrected chi connectivity index (χ1v) is 10.0. The Bertz CT molecular complexity index is 947. The summed E-state index contributed by atoms with van der Waals surface area (Å²) < 4.78 is 0. The van der Waals surface area contributed by atoms with Crippen LogP contribution in [0.25, 0.3) is 11.3 Å². The molecular weight excluding hydrogens is 356 g/mol. The van der Waals surface area contributed by atoms with Crippen molar-refractivity contribution >= 4 is 22.4 Å². The first-order chi connectivity index (χ1) is 13.0. The maximum Gasteiger partial charge on any atom is 0.260 e. The SMILES string of the molecule is CCCc1ccc(-c2nc(NC(=O)c3cnc(C)nc3CC)sc2C)cc1. The van der Waals surface area contributed by atoms with Gasteiger partial charge < -0.3 is 0 Å². The highest BCUT2D eigenvalue weighted by Crippen LogP contribution is 2.31. The van der Waals surface area contributed by atoms with Crippen LogP contribution in [0.4, 0.5) is 5.13 Å². The van der Waals surface area contributed by atoms with Crippen LogP contribution in [-0.4, -0.2) is 20.9 Å². The van der Waals surface area contributed by atoms with E-state index in [1.54, 1.807) is 6.20 Å². The second kappa shape index (κ2) is 8.39. The maximum absolute atomic E-state index is 12.7. The normalized spacial score (nSPS) is 10.8. The Morgan fingerprint density at radius 3 is 2.52 bits per heavy atom. The zero-order valence-electron chi connectivity index (χ0n) is 16.2. The average molecular weight is 381 g/mol. The Balaban J connectivity index is 1.81. The molecule has 1 aromatic carbocycles. The van der Waals surface area contributed by atoms with Crippen molar-refractivity contribution in [1.29, 1.82) is 0 Å². The Morgan fingerprint density at radius 1 is 1.11 bits per heavy atom. The molecule has 0 saturated heterocycles. The van der Waals surface area contributed by atoms with E-state index in [1.165, 1.54) is 16.9 Å². The minimum Gasteiger partial charge on any atom is -0.298 e. The number of rotatable bonds is 6. The molecule has 0 fully saturated rings. The third kappa shape index (κ3) is 4.39. The van der Waals surface area contributed by atoms with Crippen LogP contribution in [0.15, 0.2) is 30.5 Å². The van der Waals surface area contributed by atoms with Gasteiger partial charge in [0, 0.05) is 16.6 Å². The van der Waals surface area contributed by atoms with Crippen molar-refractivity contribution in [2.75, 3.05) is 5.32 Å². The van der Waals surface area contributed by atoms with Crippen LogP contribution in [0.5, 0.6) is 0 Å². The fourth-order valence-corrected chi connectivity index (χ4v) is 3.81. The van der Waals surface area contributed by atoms with Crippen LogP contribution in [0.2, 0.25) is 0 Å². The molecule has 0 saturated carbocycles. The van der Waals surface area contributed by atoms with Crippen molar-refractivity contribution in [2.45, 2.75) is 47.0 Å². The van der Waals surface area contributed by atoms with E-state index in [0.29, 0.717) is 22.9 Å². The van der Waals surface area contributed by atoms with Gasteiger partial charge in [-0.15, -0.1) is 11.3 Å². The van der Waals surface area contributed by atoms with E-state index in [1.807, 2.05) is 20.8 Å². The van der Waals surface area contributed by atoms with E-state index < -0.39 is 0 Å². The molecule has 0 aliphatic rings. The summed E-state index contributed by atoms with van der Waals surface area (Å²) in [5.74, 6) is 0.452. The number of aryl methyl sites for hydroxylation is 4. The van der Waals surface area contributed by atoms with Gasteiger partial charge in [0.2, 0.25) is 0 Å². The molecule has 0 bridgehead atoms. The molecule has 0 aliphatic heterocycles. The van der Waals surface area contributed by atoms with Crippen LogP contribution in [0.3, 0.4) is 0 Å². The predicted octanol–water partition coefficient (Wildman–Crippen LogP) is 4.98. The van der Waals surface area contributed by atoms with Crippen LogP contribution in [0, 0.1) is 13.8 Å². The molecule has 140 valence electrons. The lowest BCUT2D eigenvalue weighted by Gasteiger charge is -2.06. The predicted molar refractivity (Wildman–Crippen MR) is 110 cm³/mol. The largest absolute Gasteiger partial charge is 0.298 e. The van der Waals surface area contributed by atoms with Gasteiger partial charge in [-0.3, -0.25) is 10.1 Å². The lowest BCUT2D eigenvalue weighted by atomic mass is 10.1. The first kappa shape index (κ1) is 19.2. The Kier molecular flexibility index (Phi) is 5.96. The van der Waals surface area contributed by atoms with Crippen molar-refractivity contribution in [3.05, 3.63) is 58.0 Å². The van der Waals surface area contributed by atoms with Gasteiger partial charge in [0.05, 0.1) is 17.0 Å². The molecule has 1 N–H and O–H groups in total. The van der Waals surface area contributed by atoms with Crippen LogP contribution < -0.4 is 5.32 Å². The third-order valence-corrected chi connectivity index (χ3v) is 5.24. The molecule has 2 heterocycles. The summed E-state index contributed by atoms with van der Waals surface area (Å²) in [5.41, 5.74) is 4.56. The molecule has 6 heteroatoms. The fraction of sp³-hybridized carbons (Fsp3) is 0.333. The number of nitrogens with zero attached hydrogens (tertiary/aromatic N) is 3. The maximum atomic E-state index is 12.7. The van der Waals surface area contributed by atoms with Crippen LogP contribution >= 0.6 is 11.3 Å². The van der Waals surface area contributed by atoms with Gasteiger partial charge >= 0.3 is 0 Å². The third-order valence-electron chi connectivity index (χ3n) is 4.35. The first-order valence-electron chi connectivity index (χ1n) is 9.22. The summed E-state index contributed by atoms with van der Waals surface area (Å²) in [6.07, 6.45) is 4.48. The average Bonchev–Trinajstić information content (AvgIpc) is 3.02. The molecule has 3 rings (SSSR count). The highest BCUT2D eigenvalue weighted by molar-refractivity contribution is 7.16. The van der Waals surface area contributed by atoms with Crippen molar-refractivity contribution < 1.29 is 4.79 Å². The summed E-state index contributed by atoms with van der Waals surface area (Å²) in [4.78, 5) is 26.9. The van der Waals surface area contributed by atoms with Crippen molar-refractivity contribution in [3.63, 3.8) is 0 Å². The molecule has 5 nitrogen and oxygen atoms in total. The van der Waals surface area contributed by atoms with Crippen molar-refractivity contribution in [1.82, 2.24) is 15.0 Å². The molecule has 0 unspecified atom stereocenters. The van der Waals surface area contributed by atoms with Gasteiger partial charge in [0.1, 0.15) is 5.82 Å². The fourth-order valence-electron chi connectivity index (χ4n) is 2.98. The topological polar surface area (TPSA) is 67.8 Å². The summed E-state index contributed by atoms with van der Waals surface area (Å²) in [6, 6.07) is 8.49. The Labute approximate surface area is 163 Å². The van der Waals surface area contributed by atoms with Gasteiger partial charge in [0.25, 0.3) is 5.91 Å². The van der Waals surface area contributed by atoms with Crippen LogP contribution in [-0.2, 0) is 12.8 Å². The zero-order valence-corrected chi connectivity index (χ0v) is 17.0. The highest BCUT2D eigenvalue weighted by Gasteiger charge is 2.16. The molecule has 0 radical (unpaired) electrons. The lowest BCUT2D eigenvalue weighted by molar-refractivity contribution is 0.102. The second-order valence-electron chi connectivity index (χ2n) is 6.46. The summed E-state index contributed by atoms with van der Waals surface area (Å²) >= 11 is 1.48. The number of amides is 1. The van der Waals surface area contributed by atoms with E-state index in [4.69, 9.17) is 0 Å². The van der Waals surface area contributed by atoms with E-state index >= 15 is 0 Å². The van der Waals surface area contributed by atoms with Gasteiger partial charge in [-0.25, -0.2) is 15.0 Å². The summed E-state index contributed by atoms with van der Waals surface area (Å²) in [5, 5.41) is 3.49. The number of nitrogens with one attached hydrogen (secondary N) is 1. The van der Waals surface area contributed by atoms with Gasteiger partial charge in [-0.2, -0.15) is 0 Å². The molecule has 2 aromatic heterocycles. The summed E-state index contributed by atoms with van der Waals surface area (Å²) in [6.45, 7) is 8.00. The highest BCUT2D eigenvalue weighted by atomic mass is 32.1. The molecule has 3 aromatic rings. The van der Waals surface area contributed by atoms with E-state index in [2.05, 4.69) is 51.5 Å². The molecule has 1 amide bonds. The number of hydrogen-bond donors (Lipinski definition) is 1. The lowest BCUT2D eigenvalue weighted by Crippen LogP contribution is -2.16. The minimum atomic E-state index is -0.217. The molecule has 0 spiro atoms. The number of anilines is 1. The Hall–Kier alpha value is -2.60. The van der Waals surface area contributed by atoms with Crippen LogP contribution in [0.1, 0.15) is 52.6 Å². The monoisotopic (exact) mass is 380 g/mol. The molecule has 0 aliphatic carbocycles. The number of carbonyl (C=O) groups is 1. The number of hydrogen-bond acceptors (Lipinski definition) is 5. The molecule has 27 heavy (non-hydrogen) atoms.